The van der Waals surface area contributed by atoms with E-state index in [1.165, 1.54) is 12.1 Å². The number of nitro benzene ring substituents is 1. The maximum Gasteiger partial charge on any atom is 0.287 e. The average Bonchev–Trinajstić information content (AvgIpc) is 2.68. The first-order valence-electron chi connectivity index (χ1n) is 5.74. The highest BCUT2D eigenvalue weighted by Crippen LogP contribution is 2.25. The number of nitrogens with one attached hydrogen (secondary N) is 1. The van der Waals surface area contributed by atoms with Crippen molar-refractivity contribution in [3.8, 4) is 0 Å². The van der Waals surface area contributed by atoms with Crippen molar-refractivity contribution >= 4 is 33.0 Å². The van der Waals surface area contributed by atoms with Gasteiger partial charge in [-0.25, -0.2) is 8.42 Å². The van der Waals surface area contributed by atoms with Crippen LogP contribution in [-0.4, -0.2) is 36.8 Å². The summed E-state index contributed by atoms with van der Waals surface area (Å²) in [6, 6.07) is 3.19. The van der Waals surface area contributed by atoms with Crippen LogP contribution in [0.25, 0.3) is 0 Å². The molecule has 7 nitrogen and oxygen atoms in total. The minimum Gasteiger partial charge on any atom is -0.348 e. The van der Waals surface area contributed by atoms with Gasteiger partial charge in [0, 0.05) is 17.7 Å². The molecule has 1 aromatic carbocycles. The number of carbonyl (C=O) groups is 1. The zero-order chi connectivity index (χ0) is 14.9. The Hall–Kier alpha value is -1.67. The number of carbonyl (C=O) groups excluding carboxylic acids is 1. The quantitative estimate of drug-likeness (QED) is 0.665. The summed E-state index contributed by atoms with van der Waals surface area (Å²) in [5.41, 5.74) is -0.128. The van der Waals surface area contributed by atoms with Gasteiger partial charge >= 0.3 is 0 Å². The standard InChI is InChI=1S/C11H11ClN2O5S/c12-9-5-7(1-2-10(9)14(16)17)11(15)13-8-3-4-20(18,19)6-8/h1-2,5,8H,3-4,6H2,(H,13,15). The van der Waals surface area contributed by atoms with Crippen molar-refractivity contribution in [3.05, 3.63) is 38.9 Å². The summed E-state index contributed by atoms with van der Waals surface area (Å²) in [6.07, 6.45) is 0.370. The molecule has 1 aromatic rings. The van der Waals surface area contributed by atoms with Gasteiger partial charge in [-0.1, -0.05) is 11.6 Å². The average molecular weight is 319 g/mol. The van der Waals surface area contributed by atoms with Gasteiger partial charge < -0.3 is 5.32 Å². The van der Waals surface area contributed by atoms with E-state index in [2.05, 4.69) is 5.32 Å². The van der Waals surface area contributed by atoms with E-state index in [0.29, 0.717) is 6.42 Å². The largest absolute Gasteiger partial charge is 0.348 e. The Labute approximate surface area is 120 Å². The van der Waals surface area contributed by atoms with Gasteiger partial charge in [-0.3, -0.25) is 14.9 Å². The second-order valence-electron chi connectivity index (χ2n) is 4.50. The third-order valence-corrected chi connectivity index (χ3v) is 5.04. The SMILES string of the molecule is O=C(NC1CCS(=O)(=O)C1)c1ccc([N+](=O)[O-])c(Cl)c1. The van der Waals surface area contributed by atoms with Gasteiger partial charge in [-0.05, 0) is 18.6 Å². The molecule has 1 N–H and O–H groups in total. The Bertz CT molecular complexity index is 673. The van der Waals surface area contributed by atoms with E-state index < -0.39 is 26.7 Å². The molecule has 0 saturated carbocycles. The topological polar surface area (TPSA) is 106 Å². The van der Waals surface area contributed by atoms with E-state index in [-0.39, 0.29) is 27.8 Å². The first-order chi connectivity index (χ1) is 9.28. The highest BCUT2D eigenvalue weighted by Gasteiger charge is 2.29. The fraction of sp³-hybridized carbons (Fsp3) is 0.364. The normalized spacial score (nSPS) is 20.6. The molecule has 20 heavy (non-hydrogen) atoms. The predicted molar refractivity (Wildman–Crippen MR) is 72.6 cm³/mol. The van der Waals surface area contributed by atoms with Gasteiger partial charge in [-0.15, -0.1) is 0 Å². The van der Waals surface area contributed by atoms with Crippen LogP contribution in [0, 0.1) is 10.1 Å². The molecule has 0 aromatic heterocycles. The summed E-state index contributed by atoms with van der Waals surface area (Å²) in [6.45, 7) is 0. The molecular weight excluding hydrogens is 308 g/mol. The monoisotopic (exact) mass is 318 g/mol. The van der Waals surface area contributed by atoms with Crippen LogP contribution in [0.3, 0.4) is 0 Å². The van der Waals surface area contributed by atoms with Gasteiger partial charge in [0.05, 0.1) is 16.4 Å². The molecule has 9 heteroatoms. The number of hydrogen-bond donors (Lipinski definition) is 1. The maximum atomic E-state index is 11.9. The highest BCUT2D eigenvalue weighted by atomic mass is 35.5. The van der Waals surface area contributed by atoms with E-state index >= 15 is 0 Å². The van der Waals surface area contributed by atoms with Crippen LogP contribution in [0.1, 0.15) is 16.8 Å². The van der Waals surface area contributed by atoms with E-state index in [1.54, 1.807) is 0 Å². The lowest BCUT2D eigenvalue weighted by Crippen LogP contribution is -2.35. The summed E-state index contributed by atoms with van der Waals surface area (Å²) in [4.78, 5) is 21.9. The first kappa shape index (κ1) is 14.7. The van der Waals surface area contributed by atoms with E-state index in [0.717, 1.165) is 6.07 Å². The molecule has 0 aliphatic carbocycles. The van der Waals surface area contributed by atoms with Crippen molar-refractivity contribution in [2.45, 2.75) is 12.5 Å². The maximum absolute atomic E-state index is 11.9. The molecule has 1 unspecified atom stereocenters. The molecule has 1 atom stereocenters. The Balaban J connectivity index is 2.10. The molecule has 1 aliphatic heterocycles. The van der Waals surface area contributed by atoms with E-state index in [1.807, 2.05) is 0 Å². The second kappa shape index (κ2) is 5.37. The van der Waals surface area contributed by atoms with Crippen LogP contribution < -0.4 is 5.32 Å². The van der Waals surface area contributed by atoms with Crippen LogP contribution in [0.4, 0.5) is 5.69 Å². The zero-order valence-corrected chi connectivity index (χ0v) is 11.8. The summed E-state index contributed by atoms with van der Waals surface area (Å²) in [7, 11) is -3.08. The Morgan fingerprint density at radius 3 is 2.65 bits per heavy atom. The van der Waals surface area contributed by atoms with Gasteiger partial charge in [0.1, 0.15) is 5.02 Å². The highest BCUT2D eigenvalue weighted by molar-refractivity contribution is 7.91. The molecule has 0 radical (unpaired) electrons. The Morgan fingerprint density at radius 1 is 1.45 bits per heavy atom. The van der Waals surface area contributed by atoms with Crippen molar-refractivity contribution in [1.82, 2.24) is 5.32 Å². The number of benzene rings is 1. The van der Waals surface area contributed by atoms with Crippen LogP contribution >= 0.6 is 11.6 Å². The number of sulfone groups is 1. The number of amides is 1. The summed E-state index contributed by atoms with van der Waals surface area (Å²) < 4.78 is 22.6. The van der Waals surface area contributed by atoms with Crippen molar-refractivity contribution in [2.24, 2.45) is 0 Å². The minimum atomic E-state index is -3.08. The second-order valence-corrected chi connectivity index (χ2v) is 7.13. The Morgan fingerprint density at radius 2 is 2.15 bits per heavy atom. The molecule has 0 bridgehead atoms. The molecule has 2 rings (SSSR count). The van der Waals surface area contributed by atoms with Crippen molar-refractivity contribution in [1.29, 1.82) is 0 Å². The number of halogens is 1. The number of nitro groups is 1. The summed E-state index contributed by atoms with van der Waals surface area (Å²) in [5.74, 6) is -0.526. The molecule has 0 spiro atoms. The van der Waals surface area contributed by atoms with Crippen LogP contribution in [0.2, 0.25) is 5.02 Å². The number of hydrogen-bond acceptors (Lipinski definition) is 5. The molecular formula is C11H11ClN2O5S. The van der Waals surface area contributed by atoms with Gasteiger partial charge in [-0.2, -0.15) is 0 Å². The van der Waals surface area contributed by atoms with Gasteiger partial charge in [0.25, 0.3) is 11.6 Å². The zero-order valence-electron chi connectivity index (χ0n) is 10.2. The fourth-order valence-electron chi connectivity index (χ4n) is 1.97. The van der Waals surface area contributed by atoms with Gasteiger partial charge in [0.15, 0.2) is 9.84 Å². The smallest absolute Gasteiger partial charge is 0.287 e. The molecule has 1 heterocycles. The summed E-state index contributed by atoms with van der Waals surface area (Å²) >= 11 is 5.71. The molecule has 1 aliphatic rings. The number of rotatable bonds is 3. The lowest BCUT2D eigenvalue weighted by Gasteiger charge is -2.10. The van der Waals surface area contributed by atoms with Crippen LogP contribution in [-0.2, 0) is 9.84 Å². The molecule has 1 saturated heterocycles. The first-order valence-corrected chi connectivity index (χ1v) is 7.94. The summed E-state index contributed by atoms with van der Waals surface area (Å²) in [5, 5.41) is 13.0. The molecule has 1 amide bonds. The van der Waals surface area contributed by atoms with Crippen molar-refractivity contribution in [2.75, 3.05) is 11.5 Å². The third-order valence-electron chi connectivity index (χ3n) is 2.97. The van der Waals surface area contributed by atoms with Crippen LogP contribution in [0.5, 0.6) is 0 Å². The molecule has 108 valence electrons. The predicted octanol–water partition coefficient (Wildman–Crippen LogP) is 1.17. The fourth-order valence-corrected chi connectivity index (χ4v) is 3.90. The lowest BCUT2D eigenvalue weighted by molar-refractivity contribution is -0.384. The lowest BCUT2D eigenvalue weighted by atomic mass is 10.1. The van der Waals surface area contributed by atoms with Crippen molar-refractivity contribution < 1.29 is 18.1 Å². The van der Waals surface area contributed by atoms with Crippen molar-refractivity contribution in [3.63, 3.8) is 0 Å². The van der Waals surface area contributed by atoms with E-state index in [9.17, 15) is 23.3 Å². The third kappa shape index (κ3) is 3.26. The minimum absolute atomic E-state index is 0.0545. The number of nitrogens with zero attached hydrogens (tertiary/aromatic N) is 1. The van der Waals surface area contributed by atoms with Gasteiger partial charge in [0.2, 0.25) is 0 Å². The molecule has 1 fully saturated rings. The van der Waals surface area contributed by atoms with E-state index in [4.69, 9.17) is 11.6 Å². The van der Waals surface area contributed by atoms with Crippen LogP contribution in [0.15, 0.2) is 18.2 Å². The Kier molecular flexibility index (Phi) is 3.96.